The maximum absolute atomic E-state index is 13.6. The van der Waals surface area contributed by atoms with Gasteiger partial charge in [-0.15, -0.1) is 5.10 Å². The van der Waals surface area contributed by atoms with E-state index in [0.717, 1.165) is 16.9 Å². The molecule has 3 aromatic rings. The van der Waals surface area contributed by atoms with Crippen LogP contribution >= 0.6 is 11.8 Å². The summed E-state index contributed by atoms with van der Waals surface area (Å²) in [6.45, 7) is 5.99. The van der Waals surface area contributed by atoms with E-state index in [-0.39, 0.29) is 19.1 Å². The van der Waals surface area contributed by atoms with Crippen LogP contribution in [0, 0.1) is 0 Å². The summed E-state index contributed by atoms with van der Waals surface area (Å²) in [6.07, 6.45) is 0. The number of allylic oxidation sites excluding steroid dienone is 1. The maximum Gasteiger partial charge on any atom is 0.338 e. The molecule has 11 nitrogen and oxygen atoms in total. The Bertz CT molecular complexity index is 1420. The molecule has 2 aliphatic rings. The van der Waals surface area contributed by atoms with Gasteiger partial charge in [0.2, 0.25) is 11.1 Å². The quantitative estimate of drug-likeness (QED) is 0.282. The zero-order valence-corrected chi connectivity index (χ0v) is 24.1. The number of nitrogens with zero attached hydrogens (tertiary/aromatic N) is 4. The molecule has 2 aromatic carbocycles. The molecule has 0 radical (unpaired) electrons. The van der Waals surface area contributed by atoms with Crippen molar-refractivity contribution in [2.24, 2.45) is 0 Å². The molecule has 1 N–H and O–H groups in total. The summed E-state index contributed by atoms with van der Waals surface area (Å²) in [6, 6.07) is 14.3. The molecular weight excluding hydrogens is 546 g/mol. The second-order valence-electron chi connectivity index (χ2n) is 9.42. The van der Waals surface area contributed by atoms with Crippen LogP contribution in [0.2, 0.25) is 0 Å². The number of amides is 1. The van der Waals surface area contributed by atoms with Crippen molar-refractivity contribution in [1.82, 2.24) is 19.7 Å². The molecule has 1 unspecified atom stereocenters. The van der Waals surface area contributed by atoms with Gasteiger partial charge in [-0.3, -0.25) is 4.79 Å². The SMILES string of the molecule is CCSc1nc2n(n1)C(c1ccc(OCC(=O)N3CCOCC3)c(OC)c1)C(C(=O)OCc1ccccc1)=C(C)N2. The van der Waals surface area contributed by atoms with E-state index in [1.54, 1.807) is 21.7 Å². The number of aromatic nitrogens is 3. The van der Waals surface area contributed by atoms with Crippen molar-refractivity contribution in [3.8, 4) is 11.5 Å². The summed E-state index contributed by atoms with van der Waals surface area (Å²) < 4.78 is 24.3. The molecule has 0 bridgehead atoms. The molecule has 0 spiro atoms. The van der Waals surface area contributed by atoms with Gasteiger partial charge in [0.25, 0.3) is 5.91 Å². The molecule has 1 saturated heterocycles. The van der Waals surface area contributed by atoms with Gasteiger partial charge >= 0.3 is 5.97 Å². The fraction of sp³-hybridized carbons (Fsp3) is 0.379. The molecule has 5 rings (SSSR count). The first-order valence-electron chi connectivity index (χ1n) is 13.4. The van der Waals surface area contributed by atoms with Crippen LogP contribution in [0.25, 0.3) is 0 Å². The summed E-state index contributed by atoms with van der Waals surface area (Å²) in [5.74, 6) is 1.59. The molecule has 3 heterocycles. The molecule has 12 heteroatoms. The van der Waals surface area contributed by atoms with Crippen molar-refractivity contribution in [2.45, 2.75) is 31.7 Å². The molecular formula is C29H33N5O6S. The van der Waals surface area contributed by atoms with Gasteiger partial charge in [-0.25, -0.2) is 9.48 Å². The summed E-state index contributed by atoms with van der Waals surface area (Å²) in [5, 5.41) is 8.52. The van der Waals surface area contributed by atoms with E-state index in [0.29, 0.717) is 60.2 Å². The van der Waals surface area contributed by atoms with Gasteiger partial charge in [0, 0.05) is 18.8 Å². The number of benzene rings is 2. The number of nitrogens with one attached hydrogen (secondary N) is 1. The second-order valence-corrected chi connectivity index (χ2v) is 10.6. The topological polar surface area (TPSA) is 117 Å². The minimum Gasteiger partial charge on any atom is -0.493 e. The van der Waals surface area contributed by atoms with Crippen LogP contribution in [0.4, 0.5) is 5.95 Å². The highest BCUT2D eigenvalue weighted by Gasteiger charge is 2.36. The number of rotatable bonds is 10. The molecule has 1 aromatic heterocycles. The standard InChI is InChI=1S/C29H33N5O6S/c1-4-41-29-31-28-30-19(2)25(27(36)40-17-20-8-6-5-7-9-20)26(34(28)32-29)21-10-11-22(23(16-21)37-3)39-18-24(35)33-12-14-38-15-13-33/h5-11,16,26H,4,12-15,17-18H2,1-3H3,(H,30,31,32). The predicted molar refractivity (Wildman–Crippen MR) is 153 cm³/mol. The molecule has 1 fully saturated rings. The van der Waals surface area contributed by atoms with Crippen LogP contribution in [0.1, 0.15) is 31.0 Å². The summed E-state index contributed by atoms with van der Waals surface area (Å²) in [5.41, 5.74) is 2.64. The highest BCUT2D eigenvalue weighted by Crippen LogP contribution is 2.40. The highest BCUT2D eigenvalue weighted by atomic mass is 32.2. The fourth-order valence-corrected chi connectivity index (χ4v) is 5.27. The van der Waals surface area contributed by atoms with Crippen molar-refractivity contribution in [3.05, 3.63) is 70.9 Å². The number of hydrogen-bond acceptors (Lipinski definition) is 10. The number of ether oxygens (including phenoxy) is 4. The normalized spacial score (nSPS) is 16.6. The van der Waals surface area contributed by atoms with Gasteiger partial charge in [0.05, 0.1) is 25.9 Å². The van der Waals surface area contributed by atoms with E-state index >= 15 is 0 Å². The number of hydrogen-bond donors (Lipinski definition) is 1. The van der Waals surface area contributed by atoms with Gasteiger partial charge in [-0.05, 0) is 35.9 Å². The minimum atomic E-state index is -0.633. The number of anilines is 1. The minimum absolute atomic E-state index is 0.118. The first kappa shape index (κ1) is 28.5. The monoisotopic (exact) mass is 579 g/mol. The number of fused-ring (bicyclic) bond motifs is 1. The number of esters is 1. The first-order valence-corrected chi connectivity index (χ1v) is 14.4. The lowest BCUT2D eigenvalue weighted by molar-refractivity contribution is -0.141. The summed E-state index contributed by atoms with van der Waals surface area (Å²) in [7, 11) is 1.53. The van der Waals surface area contributed by atoms with Crippen molar-refractivity contribution in [2.75, 3.05) is 51.1 Å². The smallest absolute Gasteiger partial charge is 0.338 e. The fourth-order valence-electron chi connectivity index (χ4n) is 4.71. The Morgan fingerprint density at radius 1 is 1.12 bits per heavy atom. The van der Waals surface area contributed by atoms with Crippen molar-refractivity contribution >= 4 is 29.6 Å². The van der Waals surface area contributed by atoms with Crippen molar-refractivity contribution in [3.63, 3.8) is 0 Å². The number of methoxy groups -OCH3 is 1. The van der Waals surface area contributed by atoms with Gasteiger partial charge < -0.3 is 29.2 Å². The van der Waals surface area contributed by atoms with Gasteiger partial charge in [-0.1, -0.05) is 55.1 Å². The lowest BCUT2D eigenvalue weighted by Gasteiger charge is -2.29. The Morgan fingerprint density at radius 3 is 2.63 bits per heavy atom. The van der Waals surface area contributed by atoms with Crippen molar-refractivity contribution in [1.29, 1.82) is 0 Å². The zero-order valence-electron chi connectivity index (χ0n) is 23.3. The van der Waals surface area contributed by atoms with E-state index in [1.165, 1.54) is 18.9 Å². The number of thioether (sulfide) groups is 1. The average molecular weight is 580 g/mol. The molecule has 0 aliphatic carbocycles. The van der Waals surface area contributed by atoms with Crippen LogP contribution in [-0.2, 0) is 25.7 Å². The van der Waals surface area contributed by atoms with Crippen LogP contribution in [0.15, 0.2) is 65.0 Å². The molecule has 0 saturated carbocycles. The molecule has 2 aliphatic heterocycles. The molecule has 1 amide bonds. The van der Waals surface area contributed by atoms with Gasteiger partial charge in [0.1, 0.15) is 12.6 Å². The predicted octanol–water partition coefficient (Wildman–Crippen LogP) is 3.67. The molecule has 216 valence electrons. The zero-order chi connectivity index (χ0) is 28.8. The Hall–Kier alpha value is -4.03. The van der Waals surface area contributed by atoms with E-state index in [4.69, 9.17) is 24.0 Å². The first-order chi connectivity index (χ1) is 20.0. The largest absolute Gasteiger partial charge is 0.493 e. The average Bonchev–Trinajstić information content (AvgIpc) is 3.40. The van der Waals surface area contributed by atoms with Crippen LogP contribution < -0.4 is 14.8 Å². The van der Waals surface area contributed by atoms with Crippen LogP contribution in [0.3, 0.4) is 0 Å². The third-order valence-corrected chi connectivity index (χ3v) is 7.48. The van der Waals surface area contributed by atoms with E-state index < -0.39 is 12.0 Å². The summed E-state index contributed by atoms with van der Waals surface area (Å²) in [4.78, 5) is 32.5. The Morgan fingerprint density at radius 2 is 1.90 bits per heavy atom. The Balaban J connectivity index is 1.43. The van der Waals surface area contributed by atoms with E-state index in [1.807, 2.05) is 50.2 Å². The van der Waals surface area contributed by atoms with Gasteiger partial charge in [-0.2, -0.15) is 4.98 Å². The van der Waals surface area contributed by atoms with E-state index in [2.05, 4.69) is 10.3 Å². The van der Waals surface area contributed by atoms with Gasteiger partial charge in [0.15, 0.2) is 18.1 Å². The molecule has 1 atom stereocenters. The van der Waals surface area contributed by atoms with E-state index in [9.17, 15) is 9.59 Å². The van der Waals surface area contributed by atoms with Crippen molar-refractivity contribution < 1.29 is 28.5 Å². The third-order valence-electron chi connectivity index (χ3n) is 6.76. The highest BCUT2D eigenvalue weighted by molar-refractivity contribution is 7.99. The number of carbonyl (C=O) groups is 2. The third kappa shape index (κ3) is 6.49. The summed E-state index contributed by atoms with van der Waals surface area (Å²) >= 11 is 1.51. The Kier molecular flexibility index (Phi) is 9.10. The number of carbonyl (C=O) groups excluding carboxylic acids is 2. The number of morpholine rings is 1. The maximum atomic E-state index is 13.6. The lowest BCUT2D eigenvalue weighted by Crippen LogP contribution is -2.43. The van der Waals surface area contributed by atoms with Crippen LogP contribution in [-0.4, -0.2) is 77.3 Å². The lowest BCUT2D eigenvalue weighted by atomic mass is 9.95. The molecule has 41 heavy (non-hydrogen) atoms. The Labute approximate surface area is 242 Å². The van der Waals surface area contributed by atoms with Crippen LogP contribution in [0.5, 0.6) is 11.5 Å². The second kappa shape index (κ2) is 13.1.